The first kappa shape index (κ1) is 27.7. The van der Waals surface area contributed by atoms with Crippen molar-refractivity contribution < 1.29 is 38.6 Å². The molecule has 0 heterocycles. The van der Waals surface area contributed by atoms with Crippen molar-refractivity contribution in [1.82, 2.24) is 0 Å². The summed E-state index contributed by atoms with van der Waals surface area (Å²) in [5.74, 6) is -2.21. The van der Waals surface area contributed by atoms with Crippen molar-refractivity contribution in [3.8, 4) is 16.9 Å². The van der Waals surface area contributed by atoms with Gasteiger partial charge in [-0.3, -0.25) is 10.1 Å². The normalized spacial score (nSPS) is 11.3. The molecule has 1 atom stereocenters. The number of hydrogen-bond donors (Lipinski definition) is 2. The number of non-ortho nitro benzene ring substituents is 1. The van der Waals surface area contributed by atoms with Crippen LogP contribution in [0.1, 0.15) is 31.8 Å². The van der Waals surface area contributed by atoms with E-state index < -0.39 is 28.9 Å². The second-order valence-corrected chi connectivity index (χ2v) is 8.25. The standard InChI is InChI=1S/C27H26N2O9/c1-15-12-20(28-21(25(31)36-2)13-16-8-10-19(30)11-9-16)24(27(33)38-4)23(22(15)26(32)37-3)17-6-5-7-18(14-17)29(34)35/h5-12,14,21,28,30H,13H2,1-4H3/t21-/m0/s1. The quantitative estimate of drug-likeness (QED) is 0.182. The van der Waals surface area contributed by atoms with Crippen molar-refractivity contribution in [2.45, 2.75) is 19.4 Å². The molecule has 3 aromatic carbocycles. The Morgan fingerprint density at radius 1 is 0.947 bits per heavy atom. The number of rotatable bonds is 9. The van der Waals surface area contributed by atoms with E-state index in [1.165, 1.54) is 56.7 Å². The van der Waals surface area contributed by atoms with E-state index in [0.29, 0.717) is 11.1 Å². The first-order chi connectivity index (χ1) is 18.1. The molecular weight excluding hydrogens is 496 g/mol. The van der Waals surface area contributed by atoms with Gasteiger partial charge < -0.3 is 24.6 Å². The van der Waals surface area contributed by atoms with Crippen LogP contribution in [0.5, 0.6) is 5.75 Å². The predicted octanol–water partition coefficient (Wildman–Crippen LogP) is 4.05. The Morgan fingerprint density at radius 3 is 2.16 bits per heavy atom. The summed E-state index contributed by atoms with van der Waals surface area (Å²) in [5.41, 5.74) is 1.06. The number of nitro groups is 1. The van der Waals surface area contributed by atoms with Crippen molar-refractivity contribution in [2.24, 2.45) is 0 Å². The van der Waals surface area contributed by atoms with Crippen LogP contribution in [0.4, 0.5) is 11.4 Å². The highest BCUT2D eigenvalue weighted by Crippen LogP contribution is 2.38. The van der Waals surface area contributed by atoms with Gasteiger partial charge in [-0.2, -0.15) is 0 Å². The van der Waals surface area contributed by atoms with Crippen LogP contribution in [0, 0.1) is 17.0 Å². The van der Waals surface area contributed by atoms with Crippen molar-refractivity contribution in [1.29, 1.82) is 0 Å². The van der Waals surface area contributed by atoms with Crippen LogP contribution in [0.25, 0.3) is 11.1 Å². The summed E-state index contributed by atoms with van der Waals surface area (Å²) in [5, 5.41) is 24.1. The first-order valence-corrected chi connectivity index (χ1v) is 11.3. The lowest BCUT2D eigenvalue weighted by Gasteiger charge is -2.23. The highest BCUT2D eigenvalue weighted by Gasteiger charge is 2.30. The molecule has 0 aliphatic rings. The molecule has 2 N–H and O–H groups in total. The minimum Gasteiger partial charge on any atom is -0.508 e. The number of esters is 3. The SMILES string of the molecule is COC(=O)c1c(C)cc(N[C@@H](Cc2ccc(O)cc2)C(=O)OC)c(C(=O)OC)c1-c1cccc([N+](=O)[O-])c1. The van der Waals surface area contributed by atoms with Crippen molar-refractivity contribution in [3.05, 3.63) is 87.0 Å². The molecule has 0 aliphatic heterocycles. The molecule has 0 saturated carbocycles. The number of nitrogens with zero attached hydrogens (tertiary/aromatic N) is 1. The molecule has 0 bridgehead atoms. The molecule has 11 heteroatoms. The monoisotopic (exact) mass is 522 g/mol. The number of carbonyl (C=O) groups is 3. The predicted molar refractivity (Wildman–Crippen MR) is 137 cm³/mol. The van der Waals surface area contributed by atoms with Crippen LogP contribution < -0.4 is 5.32 Å². The van der Waals surface area contributed by atoms with Gasteiger partial charge in [0.1, 0.15) is 11.8 Å². The van der Waals surface area contributed by atoms with Crippen LogP contribution in [0.3, 0.4) is 0 Å². The summed E-state index contributed by atoms with van der Waals surface area (Å²) < 4.78 is 14.9. The average Bonchev–Trinajstić information content (AvgIpc) is 2.92. The van der Waals surface area contributed by atoms with E-state index in [4.69, 9.17) is 14.2 Å². The number of nitro benzene ring substituents is 1. The Bertz CT molecular complexity index is 1380. The van der Waals surface area contributed by atoms with E-state index in [1.54, 1.807) is 19.1 Å². The average molecular weight is 523 g/mol. The maximum absolute atomic E-state index is 13.1. The fourth-order valence-corrected chi connectivity index (χ4v) is 4.07. The number of phenols is 1. The first-order valence-electron chi connectivity index (χ1n) is 11.3. The fraction of sp³-hybridized carbons (Fsp3) is 0.222. The van der Waals surface area contributed by atoms with E-state index in [1.807, 2.05) is 0 Å². The molecule has 0 aromatic heterocycles. The molecule has 11 nitrogen and oxygen atoms in total. The molecule has 3 aromatic rings. The van der Waals surface area contributed by atoms with Gasteiger partial charge >= 0.3 is 17.9 Å². The maximum Gasteiger partial charge on any atom is 0.340 e. The zero-order chi connectivity index (χ0) is 28.0. The van der Waals surface area contributed by atoms with Gasteiger partial charge in [0.15, 0.2) is 0 Å². The van der Waals surface area contributed by atoms with E-state index in [-0.39, 0.29) is 45.8 Å². The number of ether oxygens (including phenoxy) is 3. The van der Waals surface area contributed by atoms with Crippen LogP contribution >= 0.6 is 0 Å². The Labute approximate surface area is 218 Å². The Hall–Kier alpha value is -4.93. The summed E-state index contributed by atoms with van der Waals surface area (Å²) in [6.07, 6.45) is 0.123. The van der Waals surface area contributed by atoms with Crippen molar-refractivity contribution in [3.63, 3.8) is 0 Å². The minimum atomic E-state index is -0.991. The Kier molecular flexibility index (Phi) is 8.64. The molecule has 0 spiro atoms. The van der Waals surface area contributed by atoms with Gasteiger partial charge in [-0.15, -0.1) is 0 Å². The number of anilines is 1. The lowest BCUT2D eigenvalue weighted by Crippen LogP contribution is -2.34. The van der Waals surface area contributed by atoms with E-state index >= 15 is 0 Å². The summed E-state index contributed by atoms with van der Waals surface area (Å²) in [7, 11) is 3.54. The second-order valence-electron chi connectivity index (χ2n) is 8.25. The number of aromatic hydroxyl groups is 1. The van der Waals surface area contributed by atoms with E-state index in [0.717, 1.165) is 7.11 Å². The van der Waals surface area contributed by atoms with E-state index in [2.05, 4.69) is 5.32 Å². The molecule has 0 aliphatic carbocycles. The summed E-state index contributed by atoms with van der Waals surface area (Å²) in [4.78, 5) is 49.6. The lowest BCUT2D eigenvalue weighted by molar-refractivity contribution is -0.384. The zero-order valence-electron chi connectivity index (χ0n) is 21.1. The third-order valence-corrected chi connectivity index (χ3v) is 5.84. The van der Waals surface area contributed by atoms with Gasteiger partial charge in [-0.05, 0) is 41.8 Å². The number of phenolic OH excluding ortho intramolecular Hbond substituents is 1. The highest BCUT2D eigenvalue weighted by atomic mass is 16.6. The van der Waals surface area contributed by atoms with Crippen LogP contribution in [0.15, 0.2) is 54.6 Å². The van der Waals surface area contributed by atoms with Gasteiger partial charge in [0.25, 0.3) is 5.69 Å². The van der Waals surface area contributed by atoms with Crippen LogP contribution in [-0.2, 0) is 25.4 Å². The minimum absolute atomic E-state index is 0.00657. The molecule has 0 radical (unpaired) electrons. The van der Waals surface area contributed by atoms with Gasteiger partial charge in [0.2, 0.25) is 0 Å². The number of hydrogen-bond acceptors (Lipinski definition) is 10. The molecular formula is C27H26N2O9. The largest absolute Gasteiger partial charge is 0.508 e. The topological polar surface area (TPSA) is 154 Å². The van der Waals surface area contributed by atoms with Gasteiger partial charge in [-0.1, -0.05) is 24.3 Å². The Morgan fingerprint density at radius 2 is 1.58 bits per heavy atom. The second kappa shape index (κ2) is 11.9. The van der Waals surface area contributed by atoms with E-state index in [9.17, 15) is 29.6 Å². The van der Waals surface area contributed by atoms with Crippen molar-refractivity contribution in [2.75, 3.05) is 26.6 Å². The lowest BCUT2D eigenvalue weighted by atomic mass is 9.89. The summed E-state index contributed by atoms with van der Waals surface area (Å²) in [6, 6.07) is 12.2. The molecule has 0 unspecified atom stereocenters. The smallest absolute Gasteiger partial charge is 0.340 e. The van der Waals surface area contributed by atoms with Gasteiger partial charge in [0, 0.05) is 24.1 Å². The number of carbonyl (C=O) groups excluding carboxylic acids is 3. The highest BCUT2D eigenvalue weighted by molar-refractivity contribution is 6.11. The third-order valence-electron chi connectivity index (χ3n) is 5.84. The molecule has 0 saturated heterocycles. The number of methoxy groups -OCH3 is 3. The summed E-state index contributed by atoms with van der Waals surface area (Å²) >= 11 is 0. The molecule has 198 valence electrons. The van der Waals surface area contributed by atoms with Crippen molar-refractivity contribution >= 4 is 29.3 Å². The molecule has 0 amide bonds. The van der Waals surface area contributed by atoms with Crippen LogP contribution in [-0.4, -0.2) is 55.3 Å². The number of benzene rings is 3. The number of aryl methyl sites for hydroxylation is 1. The van der Waals surface area contributed by atoms with Gasteiger partial charge in [-0.25, -0.2) is 14.4 Å². The molecule has 38 heavy (non-hydrogen) atoms. The fourth-order valence-electron chi connectivity index (χ4n) is 4.07. The summed E-state index contributed by atoms with van der Waals surface area (Å²) in [6.45, 7) is 1.60. The number of nitrogens with one attached hydrogen (secondary N) is 1. The van der Waals surface area contributed by atoms with Gasteiger partial charge in [0.05, 0.1) is 43.1 Å². The molecule has 3 rings (SSSR count). The third kappa shape index (κ3) is 5.89. The zero-order valence-corrected chi connectivity index (χ0v) is 21.1. The maximum atomic E-state index is 13.1. The molecule has 0 fully saturated rings. The van der Waals surface area contributed by atoms with Crippen LogP contribution in [0.2, 0.25) is 0 Å². The Balaban J connectivity index is 2.28.